The molecule has 0 N–H and O–H groups in total. The summed E-state index contributed by atoms with van der Waals surface area (Å²) in [5.41, 5.74) is 1.74. The van der Waals surface area contributed by atoms with Gasteiger partial charge in [0, 0.05) is 22.8 Å². The molecule has 24 heavy (non-hydrogen) atoms. The van der Waals surface area contributed by atoms with Crippen LogP contribution < -0.4 is 10.2 Å². The Morgan fingerprint density at radius 3 is 2.62 bits per heavy atom. The zero-order valence-electron chi connectivity index (χ0n) is 14.3. The quantitative estimate of drug-likeness (QED) is 0.706. The maximum atomic E-state index is 12.5. The second kappa shape index (κ2) is 6.86. The Hall–Kier alpha value is -2.00. The molecule has 0 atom stereocenters. The third-order valence-corrected chi connectivity index (χ3v) is 4.26. The van der Waals surface area contributed by atoms with Crippen LogP contribution in [0, 0.1) is 12.8 Å². The zero-order valence-corrected chi connectivity index (χ0v) is 15.0. The van der Waals surface area contributed by atoms with Crippen LogP contribution in [0.5, 0.6) is 11.5 Å². The predicted molar refractivity (Wildman–Crippen MR) is 99.1 cm³/mol. The number of aromatic nitrogens is 1. The van der Waals surface area contributed by atoms with Gasteiger partial charge in [0.25, 0.3) is 0 Å². The highest BCUT2D eigenvalue weighted by Crippen LogP contribution is 2.37. The number of rotatable bonds is 5. The van der Waals surface area contributed by atoms with Gasteiger partial charge in [0.1, 0.15) is 5.75 Å². The first-order chi connectivity index (χ1) is 11.4. The molecule has 2 aromatic rings. The molecule has 4 heteroatoms. The fourth-order valence-corrected chi connectivity index (χ4v) is 2.79. The Morgan fingerprint density at radius 1 is 1.25 bits per heavy atom. The molecule has 1 heterocycles. The Bertz CT molecular complexity index is 832. The fraction of sp³-hybridized carbons (Fsp3) is 0.350. The van der Waals surface area contributed by atoms with Crippen LogP contribution in [0.25, 0.3) is 6.08 Å². The highest BCUT2D eigenvalue weighted by atomic mass is 35.5. The summed E-state index contributed by atoms with van der Waals surface area (Å²) in [6.45, 7) is 6.16. The van der Waals surface area contributed by atoms with Gasteiger partial charge in [-0.1, -0.05) is 31.5 Å². The third-order valence-electron chi connectivity index (χ3n) is 4.03. The van der Waals surface area contributed by atoms with E-state index < -0.39 is 0 Å². The number of hydrogen-bond acceptors (Lipinski definition) is 2. The van der Waals surface area contributed by atoms with E-state index in [1.165, 1.54) is 0 Å². The smallest absolute Gasteiger partial charge is 0.224 e. The van der Waals surface area contributed by atoms with Crippen molar-refractivity contribution < 1.29 is 4.74 Å². The zero-order chi connectivity index (χ0) is 17.3. The van der Waals surface area contributed by atoms with Crippen LogP contribution in [-0.2, 0) is 0 Å². The maximum absolute atomic E-state index is 12.5. The highest BCUT2D eigenvalue weighted by molar-refractivity contribution is 6.30. The second-order valence-electron chi connectivity index (χ2n) is 6.68. The molecule has 0 unspecified atom stereocenters. The lowest BCUT2D eigenvalue weighted by Crippen LogP contribution is -2.11. The third kappa shape index (κ3) is 3.90. The molecule has 1 aliphatic rings. The molecule has 0 bridgehead atoms. The topological polar surface area (TPSA) is 31.2 Å². The Kier molecular flexibility index (Phi) is 4.81. The van der Waals surface area contributed by atoms with Gasteiger partial charge in [0.2, 0.25) is 5.43 Å². The Balaban J connectivity index is 1.97. The Morgan fingerprint density at radius 2 is 2.00 bits per heavy atom. The number of ether oxygens (including phenoxy) is 1. The first-order valence-electron chi connectivity index (χ1n) is 8.32. The van der Waals surface area contributed by atoms with E-state index in [2.05, 4.69) is 24.5 Å². The number of halogens is 1. The number of aryl methyl sites for hydroxylation is 1. The summed E-state index contributed by atoms with van der Waals surface area (Å²) >= 11 is 5.98. The number of benzene rings is 1. The standard InChI is InChI=1S/C20H22ClNO2/c1-13(2)4-6-17-11-18(23)20(12-22(17)16-7-8-16)24-19-9-5-15(21)10-14(19)3/h4-6,9-13,16H,7-8H2,1-3H3/b6-4+. The second-order valence-corrected chi connectivity index (χ2v) is 7.12. The lowest BCUT2D eigenvalue weighted by atomic mass is 10.2. The van der Waals surface area contributed by atoms with E-state index in [0.717, 1.165) is 24.1 Å². The minimum Gasteiger partial charge on any atom is -0.451 e. The van der Waals surface area contributed by atoms with Crippen molar-refractivity contribution in [2.75, 3.05) is 0 Å². The molecule has 3 nitrogen and oxygen atoms in total. The number of hydrogen-bond donors (Lipinski definition) is 0. The van der Waals surface area contributed by atoms with E-state index in [1.807, 2.05) is 25.3 Å². The molecule has 1 aromatic heterocycles. The van der Waals surface area contributed by atoms with Gasteiger partial charge >= 0.3 is 0 Å². The number of pyridine rings is 1. The number of nitrogens with zero attached hydrogens (tertiary/aromatic N) is 1. The average Bonchev–Trinajstić information content (AvgIpc) is 3.34. The van der Waals surface area contributed by atoms with Gasteiger partial charge in [-0.2, -0.15) is 0 Å². The Labute approximate surface area is 147 Å². The van der Waals surface area contributed by atoms with E-state index in [1.54, 1.807) is 18.2 Å². The normalized spacial score (nSPS) is 14.5. The summed E-state index contributed by atoms with van der Waals surface area (Å²) in [5.74, 6) is 1.46. The van der Waals surface area contributed by atoms with Crippen molar-refractivity contribution in [1.82, 2.24) is 4.57 Å². The molecule has 1 aromatic carbocycles. The van der Waals surface area contributed by atoms with E-state index in [4.69, 9.17) is 16.3 Å². The molecule has 0 saturated heterocycles. The molecular weight excluding hydrogens is 322 g/mol. The summed E-state index contributed by atoms with van der Waals surface area (Å²) in [6.07, 6.45) is 8.27. The summed E-state index contributed by atoms with van der Waals surface area (Å²) in [6, 6.07) is 7.52. The van der Waals surface area contributed by atoms with Gasteiger partial charge in [-0.05, 0) is 55.5 Å². The van der Waals surface area contributed by atoms with Crippen LogP contribution >= 0.6 is 11.6 Å². The first kappa shape index (κ1) is 16.8. The van der Waals surface area contributed by atoms with Crippen LogP contribution in [0.3, 0.4) is 0 Å². The van der Waals surface area contributed by atoms with Crippen molar-refractivity contribution in [3.63, 3.8) is 0 Å². The molecule has 0 aliphatic heterocycles. The molecule has 0 spiro atoms. The SMILES string of the molecule is Cc1cc(Cl)ccc1Oc1cn(C2CC2)c(/C=C/C(C)C)cc1=O. The summed E-state index contributed by atoms with van der Waals surface area (Å²) in [7, 11) is 0. The lowest BCUT2D eigenvalue weighted by molar-refractivity contribution is 0.465. The van der Waals surface area contributed by atoms with Crippen LogP contribution in [0.15, 0.2) is 41.3 Å². The van der Waals surface area contributed by atoms with Gasteiger partial charge in [-0.25, -0.2) is 0 Å². The molecule has 1 saturated carbocycles. The fourth-order valence-electron chi connectivity index (χ4n) is 2.56. The molecule has 1 aliphatic carbocycles. The minimum atomic E-state index is -0.107. The summed E-state index contributed by atoms with van der Waals surface area (Å²) < 4.78 is 8.03. The molecule has 126 valence electrons. The van der Waals surface area contributed by atoms with Crippen molar-refractivity contribution >= 4 is 17.7 Å². The molecule has 0 radical (unpaired) electrons. The monoisotopic (exact) mass is 343 g/mol. The average molecular weight is 344 g/mol. The van der Waals surface area contributed by atoms with E-state index >= 15 is 0 Å². The first-order valence-corrected chi connectivity index (χ1v) is 8.70. The van der Waals surface area contributed by atoms with Crippen molar-refractivity contribution in [2.45, 2.75) is 39.7 Å². The van der Waals surface area contributed by atoms with Crippen molar-refractivity contribution in [2.24, 2.45) is 5.92 Å². The molecular formula is C20H22ClNO2. The predicted octanol–water partition coefficient (Wildman–Crippen LogP) is 5.61. The largest absolute Gasteiger partial charge is 0.451 e. The van der Waals surface area contributed by atoms with Gasteiger partial charge in [-0.15, -0.1) is 0 Å². The van der Waals surface area contributed by atoms with Gasteiger partial charge < -0.3 is 9.30 Å². The summed E-state index contributed by atoms with van der Waals surface area (Å²) in [4.78, 5) is 12.5. The van der Waals surface area contributed by atoms with Crippen LogP contribution in [-0.4, -0.2) is 4.57 Å². The molecule has 0 amide bonds. The van der Waals surface area contributed by atoms with Crippen molar-refractivity contribution in [1.29, 1.82) is 0 Å². The lowest BCUT2D eigenvalue weighted by Gasteiger charge is -2.14. The van der Waals surface area contributed by atoms with Crippen molar-refractivity contribution in [3.8, 4) is 11.5 Å². The maximum Gasteiger partial charge on any atom is 0.224 e. The summed E-state index contributed by atoms with van der Waals surface area (Å²) in [5, 5.41) is 0.657. The van der Waals surface area contributed by atoms with Gasteiger partial charge in [0.15, 0.2) is 5.75 Å². The van der Waals surface area contributed by atoms with E-state index in [0.29, 0.717) is 28.5 Å². The van der Waals surface area contributed by atoms with Crippen molar-refractivity contribution in [3.05, 3.63) is 63.0 Å². The molecule has 3 rings (SSSR count). The van der Waals surface area contributed by atoms with Crippen LogP contribution in [0.1, 0.15) is 44.0 Å². The minimum absolute atomic E-state index is 0.107. The van der Waals surface area contributed by atoms with Gasteiger partial charge in [-0.3, -0.25) is 4.79 Å². The number of allylic oxidation sites excluding steroid dienone is 1. The van der Waals surface area contributed by atoms with E-state index in [-0.39, 0.29) is 5.43 Å². The van der Waals surface area contributed by atoms with Crippen LogP contribution in [0.4, 0.5) is 0 Å². The highest BCUT2D eigenvalue weighted by Gasteiger charge is 2.25. The van der Waals surface area contributed by atoms with Crippen LogP contribution in [0.2, 0.25) is 5.02 Å². The van der Waals surface area contributed by atoms with E-state index in [9.17, 15) is 4.79 Å². The molecule has 1 fully saturated rings. The van der Waals surface area contributed by atoms with Gasteiger partial charge in [0.05, 0.1) is 6.20 Å².